The van der Waals surface area contributed by atoms with Crippen LogP contribution in [0, 0.1) is 16.7 Å². The Bertz CT molecular complexity index is 286. The maximum absolute atomic E-state index is 9.77. The Morgan fingerprint density at radius 1 is 1.46 bits per heavy atom. The molecule has 0 aromatic rings. The van der Waals surface area contributed by atoms with E-state index in [-0.39, 0.29) is 6.23 Å². The molecule has 1 N–H and O–H groups in total. The van der Waals surface area contributed by atoms with Crippen molar-refractivity contribution < 1.29 is 5.11 Å². The van der Waals surface area contributed by atoms with Gasteiger partial charge < -0.3 is 5.11 Å². The minimum absolute atomic E-state index is 0.0861. The van der Waals surface area contributed by atoms with Crippen molar-refractivity contribution in [3.05, 3.63) is 0 Å². The molecule has 72 valence electrons. The number of piperidine rings is 1. The van der Waals surface area contributed by atoms with Crippen LogP contribution in [0.15, 0.2) is 0 Å². The summed E-state index contributed by atoms with van der Waals surface area (Å²) in [7, 11) is 0. The molecule has 2 heterocycles. The second kappa shape index (κ2) is 1.70. The molecule has 2 spiro atoms. The fourth-order valence-electron chi connectivity index (χ4n) is 4.41. The average Bonchev–Trinajstić information content (AvgIpc) is 2.98. The molecule has 2 aliphatic carbocycles. The highest BCUT2D eigenvalue weighted by Crippen LogP contribution is 2.86. The first kappa shape index (κ1) is 7.24. The minimum atomic E-state index is -0.0861. The van der Waals surface area contributed by atoms with E-state index in [1.54, 1.807) is 0 Å². The van der Waals surface area contributed by atoms with E-state index in [2.05, 4.69) is 11.8 Å². The summed E-state index contributed by atoms with van der Waals surface area (Å²) in [4.78, 5) is 2.32. The fourth-order valence-corrected chi connectivity index (χ4v) is 4.41. The molecule has 2 aliphatic heterocycles. The van der Waals surface area contributed by atoms with Crippen LogP contribution in [-0.4, -0.2) is 28.8 Å². The van der Waals surface area contributed by atoms with Gasteiger partial charge in [-0.1, -0.05) is 6.92 Å². The van der Waals surface area contributed by atoms with Gasteiger partial charge in [0.25, 0.3) is 0 Å². The molecule has 2 saturated heterocycles. The lowest BCUT2D eigenvalue weighted by Crippen LogP contribution is -2.77. The van der Waals surface area contributed by atoms with Crippen molar-refractivity contribution in [3.8, 4) is 0 Å². The van der Waals surface area contributed by atoms with E-state index in [1.165, 1.54) is 32.2 Å². The maximum atomic E-state index is 9.77. The minimum Gasteiger partial charge on any atom is -0.378 e. The standard InChI is InChI=1S/C11H17NO/c1-2-7-8-11(5-10(11)3-4-10)6-12(8)9(7)13/h7-9,13H,2-6H2,1H3. The molecular formula is C11H17NO. The normalized spacial score (nSPS) is 60.0. The van der Waals surface area contributed by atoms with Gasteiger partial charge in [0.15, 0.2) is 0 Å². The van der Waals surface area contributed by atoms with Crippen LogP contribution < -0.4 is 0 Å². The first-order chi connectivity index (χ1) is 6.24. The average molecular weight is 179 g/mol. The van der Waals surface area contributed by atoms with E-state index in [1.807, 2.05) is 0 Å². The highest BCUT2D eigenvalue weighted by atomic mass is 16.3. The number of nitrogens with zero attached hydrogens (tertiary/aromatic N) is 1. The van der Waals surface area contributed by atoms with Crippen molar-refractivity contribution in [1.29, 1.82) is 0 Å². The summed E-state index contributed by atoms with van der Waals surface area (Å²) in [5.41, 5.74) is 1.52. The van der Waals surface area contributed by atoms with Gasteiger partial charge in [-0.2, -0.15) is 0 Å². The van der Waals surface area contributed by atoms with Crippen molar-refractivity contribution in [2.45, 2.75) is 44.9 Å². The van der Waals surface area contributed by atoms with Gasteiger partial charge >= 0.3 is 0 Å². The zero-order valence-electron chi connectivity index (χ0n) is 8.16. The lowest BCUT2D eigenvalue weighted by molar-refractivity contribution is -0.269. The molecular weight excluding hydrogens is 162 g/mol. The van der Waals surface area contributed by atoms with E-state index in [0.717, 1.165) is 11.5 Å². The third kappa shape index (κ3) is 0.533. The van der Waals surface area contributed by atoms with Crippen LogP contribution >= 0.6 is 0 Å². The van der Waals surface area contributed by atoms with Crippen molar-refractivity contribution in [1.82, 2.24) is 4.90 Å². The quantitative estimate of drug-likeness (QED) is 0.654. The number of rotatable bonds is 1. The Kier molecular flexibility index (Phi) is 0.947. The number of aliphatic hydroxyl groups is 1. The van der Waals surface area contributed by atoms with E-state index >= 15 is 0 Å². The molecule has 4 aliphatic rings. The number of aliphatic hydroxyl groups excluding tert-OH is 1. The second-order valence-electron chi connectivity index (χ2n) is 5.72. The van der Waals surface area contributed by atoms with Gasteiger partial charge in [-0.25, -0.2) is 0 Å². The molecule has 4 fully saturated rings. The van der Waals surface area contributed by atoms with Crippen LogP contribution in [-0.2, 0) is 0 Å². The summed E-state index contributed by atoms with van der Waals surface area (Å²) in [5, 5.41) is 9.77. The van der Waals surface area contributed by atoms with Gasteiger partial charge in [-0.05, 0) is 31.1 Å². The summed E-state index contributed by atoms with van der Waals surface area (Å²) < 4.78 is 0. The Balaban J connectivity index is 1.61. The van der Waals surface area contributed by atoms with Crippen LogP contribution in [0.3, 0.4) is 0 Å². The van der Waals surface area contributed by atoms with E-state index in [0.29, 0.717) is 11.3 Å². The molecule has 0 amide bonds. The van der Waals surface area contributed by atoms with Crippen molar-refractivity contribution in [3.63, 3.8) is 0 Å². The van der Waals surface area contributed by atoms with E-state index < -0.39 is 0 Å². The topological polar surface area (TPSA) is 23.5 Å². The number of hydrogen-bond donors (Lipinski definition) is 1. The van der Waals surface area contributed by atoms with Crippen LogP contribution in [0.5, 0.6) is 0 Å². The molecule has 4 unspecified atom stereocenters. The molecule has 0 bridgehead atoms. The predicted molar refractivity (Wildman–Crippen MR) is 49.0 cm³/mol. The summed E-state index contributed by atoms with van der Waals surface area (Å²) >= 11 is 0. The number of hydrogen-bond acceptors (Lipinski definition) is 2. The third-order valence-electron chi connectivity index (χ3n) is 5.43. The summed E-state index contributed by atoms with van der Waals surface area (Å²) in [6.07, 6.45) is 5.55. The molecule has 4 rings (SSSR count). The smallest absolute Gasteiger partial charge is 0.112 e. The first-order valence-electron chi connectivity index (χ1n) is 5.68. The molecule has 0 radical (unpaired) electrons. The Labute approximate surface area is 78.9 Å². The zero-order chi connectivity index (χ0) is 8.84. The van der Waals surface area contributed by atoms with Crippen LogP contribution in [0.25, 0.3) is 0 Å². The predicted octanol–water partition coefficient (Wildman–Crippen LogP) is 1.20. The maximum Gasteiger partial charge on any atom is 0.112 e. The lowest BCUT2D eigenvalue weighted by atomic mass is 9.65. The highest BCUT2D eigenvalue weighted by molar-refractivity contribution is 5.35. The van der Waals surface area contributed by atoms with Gasteiger partial charge in [-0.3, -0.25) is 4.90 Å². The van der Waals surface area contributed by atoms with Crippen LogP contribution in [0.2, 0.25) is 0 Å². The zero-order valence-corrected chi connectivity index (χ0v) is 8.16. The van der Waals surface area contributed by atoms with Gasteiger partial charge in [-0.15, -0.1) is 0 Å². The fraction of sp³-hybridized carbons (Fsp3) is 1.00. The van der Waals surface area contributed by atoms with Gasteiger partial charge in [0.1, 0.15) is 6.23 Å². The molecule has 2 nitrogen and oxygen atoms in total. The lowest BCUT2D eigenvalue weighted by Gasteiger charge is -2.66. The summed E-state index contributed by atoms with van der Waals surface area (Å²) in [5.74, 6) is 0.605. The Hall–Kier alpha value is -0.0800. The largest absolute Gasteiger partial charge is 0.378 e. The first-order valence-corrected chi connectivity index (χ1v) is 5.68. The number of fused-ring (bicyclic) bond motifs is 3. The highest BCUT2D eigenvalue weighted by Gasteiger charge is 2.85. The van der Waals surface area contributed by atoms with Gasteiger partial charge in [0.05, 0.1) is 0 Å². The Morgan fingerprint density at radius 3 is 2.77 bits per heavy atom. The van der Waals surface area contributed by atoms with Crippen molar-refractivity contribution in [2.75, 3.05) is 6.54 Å². The summed E-state index contributed by atoms with van der Waals surface area (Å²) in [6.45, 7) is 3.44. The molecule has 2 saturated carbocycles. The molecule has 2 heteroatoms. The Morgan fingerprint density at radius 2 is 2.23 bits per heavy atom. The molecule has 0 aromatic carbocycles. The molecule has 13 heavy (non-hydrogen) atoms. The van der Waals surface area contributed by atoms with Gasteiger partial charge in [0.2, 0.25) is 0 Å². The molecule has 4 atom stereocenters. The van der Waals surface area contributed by atoms with Crippen molar-refractivity contribution >= 4 is 0 Å². The van der Waals surface area contributed by atoms with Crippen LogP contribution in [0.1, 0.15) is 32.6 Å². The van der Waals surface area contributed by atoms with Gasteiger partial charge in [0, 0.05) is 23.9 Å². The van der Waals surface area contributed by atoms with Crippen LogP contribution in [0.4, 0.5) is 0 Å². The van der Waals surface area contributed by atoms with Crippen molar-refractivity contribution in [2.24, 2.45) is 16.7 Å². The third-order valence-corrected chi connectivity index (χ3v) is 5.43. The molecule has 0 aromatic heterocycles. The SMILES string of the molecule is CCC1C(O)N2CC3(CC34CC4)C12. The summed E-state index contributed by atoms with van der Waals surface area (Å²) in [6, 6.07) is 0.787. The second-order valence-corrected chi connectivity index (χ2v) is 5.72. The van der Waals surface area contributed by atoms with E-state index in [4.69, 9.17) is 0 Å². The monoisotopic (exact) mass is 179 g/mol. The van der Waals surface area contributed by atoms with E-state index in [9.17, 15) is 5.11 Å².